The van der Waals surface area contributed by atoms with Crippen molar-refractivity contribution in [2.45, 2.75) is 33.1 Å². The molecule has 15 heavy (non-hydrogen) atoms. The lowest BCUT2D eigenvalue weighted by Gasteiger charge is -2.33. The van der Waals surface area contributed by atoms with Crippen molar-refractivity contribution < 1.29 is 9.59 Å². The van der Waals surface area contributed by atoms with E-state index in [0.29, 0.717) is 5.92 Å². The molecule has 0 radical (unpaired) electrons. The molecular weight excluding hydrogens is 190 g/mol. The number of ketones is 1. The van der Waals surface area contributed by atoms with Crippen LogP contribution in [0.3, 0.4) is 0 Å². The van der Waals surface area contributed by atoms with Crippen molar-refractivity contribution in [1.29, 1.82) is 0 Å². The largest absolute Gasteiger partial charge is 0.348 e. The zero-order valence-corrected chi connectivity index (χ0v) is 9.96. The Kier molecular flexibility index (Phi) is 2.01. The molecule has 0 aromatic carbocycles. The van der Waals surface area contributed by atoms with Gasteiger partial charge < -0.3 is 4.90 Å². The van der Waals surface area contributed by atoms with Gasteiger partial charge in [-0.15, -0.1) is 0 Å². The summed E-state index contributed by atoms with van der Waals surface area (Å²) in [5.74, 6) is 0.597. The van der Waals surface area contributed by atoms with E-state index in [9.17, 15) is 9.59 Å². The van der Waals surface area contributed by atoms with Crippen molar-refractivity contribution in [3.8, 4) is 0 Å². The minimum atomic E-state index is -0.669. The number of rotatable bonds is 1. The van der Waals surface area contributed by atoms with E-state index < -0.39 is 5.41 Å². The summed E-state index contributed by atoms with van der Waals surface area (Å²) in [7, 11) is 3.48. The number of amides is 1. The maximum absolute atomic E-state index is 12.3. The fraction of sp³-hybridized carbons (Fsp3) is 0.833. The first-order valence-electron chi connectivity index (χ1n) is 5.59. The number of carbonyl (C=O) groups excluding carboxylic acids is 2. The fourth-order valence-electron chi connectivity index (χ4n) is 3.39. The van der Waals surface area contributed by atoms with Gasteiger partial charge in [-0.3, -0.25) is 9.59 Å². The van der Waals surface area contributed by atoms with Crippen molar-refractivity contribution in [1.82, 2.24) is 4.90 Å². The Morgan fingerprint density at radius 2 is 2.00 bits per heavy atom. The van der Waals surface area contributed by atoms with E-state index in [-0.39, 0.29) is 17.1 Å². The minimum Gasteiger partial charge on any atom is -0.348 e. The van der Waals surface area contributed by atoms with E-state index in [1.165, 1.54) is 0 Å². The smallest absolute Gasteiger partial charge is 0.235 e. The van der Waals surface area contributed by atoms with Gasteiger partial charge in [-0.1, -0.05) is 13.8 Å². The van der Waals surface area contributed by atoms with Gasteiger partial charge in [0.2, 0.25) is 5.91 Å². The molecule has 0 N–H and O–H groups in total. The highest BCUT2D eigenvalue weighted by Gasteiger charge is 2.65. The number of hydrogen-bond acceptors (Lipinski definition) is 2. The average Bonchev–Trinajstić information content (AvgIpc) is 2.66. The summed E-state index contributed by atoms with van der Waals surface area (Å²) < 4.78 is 0. The zero-order valence-electron chi connectivity index (χ0n) is 9.96. The predicted molar refractivity (Wildman–Crippen MR) is 57.3 cm³/mol. The van der Waals surface area contributed by atoms with E-state index in [1.54, 1.807) is 19.0 Å². The molecule has 0 aromatic heterocycles. The summed E-state index contributed by atoms with van der Waals surface area (Å²) >= 11 is 0. The third kappa shape index (κ3) is 1.12. The molecule has 0 aromatic rings. The summed E-state index contributed by atoms with van der Waals surface area (Å²) in [6, 6.07) is 0. The van der Waals surface area contributed by atoms with Gasteiger partial charge in [0.15, 0.2) is 5.78 Å². The molecule has 1 amide bonds. The number of carbonyl (C=O) groups is 2. The van der Waals surface area contributed by atoms with Crippen molar-refractivity contribution >= 4 is 11.7 Å². The third-order valence-corrected chi connectivity index (χ3v) is 4.37. The summed E-state index contributed by atoms with van der Waals surface area (Å²) in [5, 5.41) is 0. The average molecular weight is 209 g/mol. The zero-order chi connectivity index (χ0) is 11.4. The molecule has 2 aliphatic rings. The first-order valence-corrected chi connectivity index (χ1v) is 5.59. The van der Waals surface area contributed by atoms with Gasteiger partial charge in [0.05, 0.1) is 0 Å². The first-order chi connectivity index (χ1) is 6.82. The lowest BCUT2D eigenvalue weighted by atomic mass is 9.70. The Morgan fingerprint density at radius 3 is 2.40 bits per heavy atom. The molecule has 3 nitrogen and oxygen atoms in total. The Bertz CT molecular complexity index is 333. The van der Waals surface area contributed by atoms with Crippen molar-refractivity contribution in [3.05, 3.63) is 0 Å². The fourth-order valence-corrected chi connectivity index (χ4v) is 3.39. The van der Waals surface area contributed by atoms with Gasteiger partial charge in [-0.05, 0) is 25.2 Å². The van der Waals surface area contributed by atoms with Crippen molar-refractivity contribution in [2.24, 2.45) is 16.7 Å². The number of hydrogen-bond donors (Lipinski definition) is 0. The molecule has 84 valence electrons. The molecule has 0 saturated heterocycles. The molecule has 3 heteroatoms. The van der Waals surface area contributed by atoms with Crippen LogP contribution < -0.4 is 0 Å². The van der Waals surface area contributed by atoms with Crippen LogP contribution in [0.4, 0.5) is 0 Å². The van der Waals surface area contributed by atoms with Crippen molar-refractivity contribution in [2.75, 3.05) is 14.1 Å². The Labute approximate surface area is 90.8 Å². The molecule has 2 rings (SSSR count). The molecule has 0 unspecified atom stereocenters. The van der Waals surface area contributed by atoms with E-state index in [1.807, 2.05) is 13.8 Å². The van der Waals surface area contributed by atoms with E-state index in [4.69, 9.17) is 0 Å². The quantitative estimate of drug-likeness (QED) is 0.613. The van der Waals surface area contributed by atoms with E-state index in [0.717, 1.165) is 19.3 Å². The highest BCUT2D eigenvalue weighted by molar-refractivity contribution is 6.10. The SMILES string of the molecule is CN(C)C(=O)[C@]12CC[C@@H](C1)C(C)(C)C2=O. The molecule has 0 spiro atoms. The molecule has 2 aliphatic carbocycles. The summed E-state index contributed by atoms with van der Waals surface area (Å²) in [4.78, 5) is 26.0. The monoisotopic (exact) mass is 209 g/mol. The van der Waals surface area contributed by atoms with Gasteiger partial charge in [0.25, 0.3) is 0 Å². The Morgan fingerprint density at radius 1 is 1.40 bits per heavy atom. The molecule has 2 saturated carbocycles. The van der Waals surface area contributed by atoms with Gasteiger partial charge in [0.1, 0.15) is 5.41 Å². The van der Waals surface area contributed by atoms with E-state index in [2.05, 4.69) is 0 Å². The molecule has 2 fully saturated rings. The Hall–Kier alpha value is -0.860. The van der Waals surface area contributed by atoms with Crippen LogP contribution in [-0.2, 0) is 9.59 Å². The molecule has 2 atom stereocenters. The van der Waals surface area contributed by atoms with Crippen LogP contribution in [0.5, 0.6) is 0 Å². The number of nitrogens with zero attached hydrogens (tertiary/aromatic N) is 1. The van der Waals surface area contributed by atoms with Crippen LogP contribution in [0.1, 0.15) is 33.1 Å². The minimum absolute atomic E-state index is 0.0144. The maximum atomic E-state index is 12.3. The number of fused-ring (bicyclic) bond motifs is 2. The van der Waals surface area contributed by atoms with Crippen molar-refractivity contribution in [3.63, 3.8) is 0 Å². The third-order valence-electron chi connectivity index (χ3n) is 4.37. The summed E-state index contributed by atoms with van der Waals surface area (Å²) in [6.07, 6.45) is 2.56. The molecule has 0 aliphatic heterocycles. The molecular formula is C12H19NO2. The highest BCUT2D eigenvalue weighted by Crippen LogP contribution is 2.60. The van der Waals surface area contributed by atoms with Crippen LogP contribution in [0.2, 0.25) is 0 Å². The number of Topliss-reactive ketones (excluding diaryl/α,β-unsaturated/α-hetero) is 1. The van der Waals surface area contributed by atoms with Gasteiger partial charge >= 0.3 is 0 Å². The van der Waals surface area contributed by atoms with Crippen LogP contribution in [0.25, 0.3) is 0 Å². The standard InChI is InChI=1S/C12H19NO2/c1-11(2)8-5-6-12(7-8,9(11)14)10(15)13(3)4/h8H,5-7H2,1-4H3/t8-,12+/m0/s1. The van der Waals surface area contributed by atoms with Gasteiger partial charge in [0, 0.05) is 19.5 Å². The van der Waals surface area contributed by atoms with Gasteiger partial charge in [-0.2, -0.15) is 0 Å². The topological polar surface area (TPSA) is 37.4 Å². The van der Waals surface area contributed by atoms with Gasteiger partial charge in [-0.25, -0.2) is 0 Å². The lowest BCUT2D eigenvalue weighted by molar-refractivity contribution is -0.149. The Balaban J connectivity index is 2.39. The second-order valence-corrected chi connectivity index (χ2v) is 5.77. The second kappa shape index (κ2) is 2.83. The first kappa shape index (κ1) is 10.7. The highest BCUT2D eigenvalue weighted by atomic mass is 16.2. The molecule has 0 heterocycles. The summed E-state index contributed by atoms with van der Waals surface area (Å²) in [6.45, 7) is 3.98. The second-order valence-electron chi connectivity index (χ2n) is 5.77. The normalized spacial score (nSPS) is 37.1. The van der Waals surface area contributed by atoms with E-state index >= 15 is 0 Å². The summed E-state index contributed by atoms with van der Waals surface area (Å²) in [5.41, 5.74) is -0.957. The molecule has 2 bridgehead atoms. The maximum Gasteiger partial charge on any atom is 0.235 e. The van der Waals surface area contributed by atoms with Crippen LogP contribution in [0, 0.1) is 16.7 Å². The van der Waals surface area contributed by atoms with Crippen LogP contribution in [0.15, 0.2) is 0 Å². The predicted octanol–water partition coefficient (Wildman–Crippen LogP) is 1.47. The van der Waals surface area contributed by atoms with Crippen LogP contribution >= 0.6 is 0 Å². The van der Waals surface area contributed by atoms with Crippen LogP contribution in [-0.4, -0.2) is 30.7 Å². The lowest BCUT2D eigenvalue weighted by Crippen LogP contribution is -2.46.